The lowest BCUT2D eigenvalue weighted by Gasteiger charge is -2.10. The third-order valence-corrected chi connectivity index (χ3v) is 5.76. The minimum atomic E-state index is -0.356. The van der Waals surface area contributed by atoms with E-state index in [1.54, 1.807) is 0 Å². The van der Waals surface area contributed by atoms with Crippen LogP contribution in [0, 0.1) is 0 Å². The van der Waals surface area contributed by atoms with Gasteiger partial charge in [0.15, 0.2) is 0 Å². The number of rotatable bonds is 4. The molecule has 1 atom stereocenters. The third kappa shape index (κ3) is 3.38. The molecule has 0 bridgehead atoms. The Morgan fingerprint density at radius 2 is 1.81 bits per heavy atom. The van der Waals surface area contributed by atoms with Crippen LogP contribution >= 0.6 is 11.3 Å². The Morgan fingerprint density at radius 3 is 2.48 bits per heavy atom. The van der Waals surface area contributed by atoms with Crippen molar-refractivity contribution in [3.05, 3.63) is 56.8 Å². The maximum Gasteiger partial charge on any atom is 0.0922 e. The first-order valence-electron chi connectivity index (χ1n) is 8.02. The van der Waals surface area contributed by atoms with Gasteiger partial charge in [-0.15, -0.1) is 11.3 Å². The lowest BCUT2D eigenvalue weighted by Crippen LogP contribution is -2.00. The summed E-state index contributed by atoms with van der Waals surface area (Å²) in [7, 11) is 0. The van der Waals surface area contributed by atoms with E-state index >= 15 is 0 Å². The summed E-state index contributed by atoms with van der Waals surface area (Å²) in [6.45, 7) is 4.42. The number of aryl methyl sites for hydroxylation is 2. The number of hydrogen-bond acceptors (Lipinski definition) is 2. The van der Waals surface area contributed by atoms with Gasteiger partial charge in [-0.2, -0.15) is 0 Å². The Bertz CT molecular complexity index is 571. The quantitative estimate of drug-likeness (QED) is 0.840. The summed E-state index contributed by atoms with van der Waals surface area (Å²) in [6.07, 6.45) is 5.37. The van der Waals surface area contributed by atoms with Crippen LogP contribution in [0.2, 0.25) is 0 Å². The number of fused-ring (bicyclic) bond motifs is 1. The average molecular weight is 300 g/mol. The van der Waals surface area contributed by atoms with Crippen LogP contribution in [0.25, 0.3) is 0 Å². The molecular formula is C19H24OS. The summed E-state index contributed by atoms with van der Waals surface area (Å²) in [4.78, 5) is 2.65. The van der Waals surface area contributed by atoms with Crippen molar-refractivity contribution in [1.29, 1.82) is 0 Å². The highest BCUT2D eigenvalue weighted by Gasteiger charge is 2.18. The fourth-order valence-corrected chi connectivity index (χ4v) is 4.28. The molecule has 3 rings (SSSR count). The minimum absolute atomic E-state index is 0.356. The van der Waals surface area contributed by atoms with Crippen LogP contribution in [0.5, 0.6) is 0 Å². The van der Waals surface area contributed by atoms with E-state index in [4.69, 9.17) is 0 Å². The minimum Gasteiger partial charge on any atom is -0.387 e. The fraction of sp³-hybridized carbons (Fsp3) is 0.474. The van der Waals surface area contributed by atoms with Crippen molar-refractivity contribution in [2.24, 2.45) is 0 Å². The molecule has 1 aliphatic carbocycles. The standard InChI is InChI=1S/C19H24OS/c1-13(2)15-9-7-14(8-10-15)11-17(20)19-12-16-5-3-4-6-18(16)21-19/h7-10,12-13,17,20H,3-6,11H2,1-2H3. The van der Waals surface area contributed by atoms with Crippen molar-refractivity contribution in [2.45, 2.75) is 58.0 Å². The van der Waals surface area contributed by atoms with E-state index in [0.29, 0.717) is 5.92 Å². The summed E-state index contributed by atoms with van der Waals surface area (Å²) < 4.78 is 0. The normalized spacial score (nSPS) is 16.0. The van der Waals surface area contributed by atoms with Crippen LogP contribution in [0.15, 0.2) is 30.3 Å². The van der Waals surface area contributed by atoms with E-state index < -0.39 is 0 Å². The molecule has 1 aliphatic rings. The van der Waals surface area contributed by atoms with Gasteiger partial charge in [0.1, 0.15) is 0 Å². The van der Waals surface area contributed by atoms with Gasteiger partial charge >= 0.3 is 0 Å². The van der Waals surface area contributed by atoms with Crippen molar-refractivity contribution < 1.29 is 5.11 Å². The summed E-state index contributed by atoms with van der Waals surface area (Å²) in [5.74, 6) is 0.563. The highest BCUT2D eigenvalue weighted by Crippen LogP contribution is 2.34. The van der Waals surface area contributed by atoms with Gasteiger partial charge in [0.05, 0.1) is 6.10 Å². The zero-order valence-corrected chi connectivity index (χ0v) is 13.7. The van der Waals surface area contributed by atoms with Crippen LogP contribution in [0.4, 0.5) is 0 Å². The Kier molecular flexibility index (Phi) is 4.46. The van der Waals surface area contributed by atoms with E-state index in [1.165, 1.54) is 47.3 Å². The van der Waals surface area contributed by atoms with Gasteiger partial charge in [0, 0.05) is 16.2 Å². The average Bonchev–Trinajstić information content (AvgIpc) is 2.92. The Labute approximate surface area is 131 Å². The molecule has 2 aromatic rings. The zero-order valence-electron chi connectivity index (χ0n) is 12.9. The highest BCUT2D eigenvalue weighted by atomic mass is 32.1. The van der Waals surface area contributed by atoms with Gasteiger partial charge < -0.3 is 5.11 Å². The van der Waals surface area contributed by atoms with Crippen molar-refractivity contribution in [2.75, 3.05) is 0 Å². The number of benzene rings is 1. The second-order valence-electron chi connectivity index (χ2n) is 6.42. The second-order valence-corrected chi connectivity index (χ2v) is 7.59. The molecule has 0 radical (unpaired) electrons. The summed E-state index contributed by atoms with van der Waals surface area (Å²) >= 11 is 1.82. The molecule has 0 saturated carbocycles. The van der Waals surface area contributed by atoms with E-state index in [-0.39, 0.29) is 6.10 Å². The molecule has 1 aromatic heterocycles. The van der Waals surface area contributed by atoms with Crippen LogP contribution < -0.4 is 0 Å². The molecule has 0 saturated heterocycles. The van der Waals surface area contributed by atoms with Crippen molar-refractivity contribution in [3.8, 4) is 0 Å². The first kappa shape index (κ1) is 14.8. The maximum absolute atomic E-state index is 10.5. The predicted molar refractivity (Wildman–Crippen MR) is 90.2 cm³/mol. The number of aliphatic hydroxyl groups excluding tert-OH is 1. The molecular weight excluding hydrogens is 276 g/mol. The molecule has 0 amide bonds. The monoisotopic (exact) mass is 300 g/mol. The van der Waals surface area contributed by atoms with Crippen LogP contribution in [0.3, 0.4) is 0 Å². The highest BCUT2D eigenvalue weighted by molar-refractivity contribution is 7.12. The summed E-state index contributed by atoms with van der Waals surface area (Å²) in [6, 6.07) is 10.9. The van der Waals surface area contributed by atoms with Crippen molar-refractivity contribution in [3.63, 3.8) is 0 Å². The first-order chi connectivity index (χ1) is 10.1. The lowest BCUT2D eigenvalue weighted by atomic mass is 9.97. The smallest absolute Gasteiger partial charge is 0.0922 e. The van der Waals surface area contributed by atoms with Crippen LogP contribution in [-0.2, 0) is 19.3 Å². The molecule has 1 heterocycles. The van der Waals surface area contributed by atoms with Gasteiger partial charge in [-0.05, 0) is 54.4 Å². The Balaban J connectivity index is 1.70. The van der Waals surface area contributed by atoms with Crippen LogP contribution in [-0.4, -0.2) is 5.11 Å². The zero-order chi connectivity index (χ0) is 14.8. The van der Waals surface area contributed by atoms with Crippen molar-refractivity contribution >= 4 is 11.3 Å². The number of hydrogen-bond donors (Lipinski definition) is 1. The molecule has 21 heavy (non-hydrogen) atoms. The van der Waals surface area contributed by atoms with Gasteiger partial charge in [-0.25, -0.2) is 0 Å². The topological polar surface area (TPSA) is 20.2 Å². The Morgan fingerprint density at radius 1 is 1.10 bits per heavy atom. The summed E-state index contributed by atoms with van der Waals surface area (Å²) in [5, 5.41) is 10.5. The predicted octanol–water partition coefficient (Wildman–Crippen LogP) is 5.03. The molecule has 1 aromatic carbocycles. The van der Waals surface area contributed by atoms with Crippen LogP contribution in [0.1, 0.15) is 65.2 Å². The number of aliphatic hydroxyl groups is 1. The van der Waals surface area contributed by atoms with E-state index in [9.17, 15) is 5.11 Å². The summed E-state index contributed by atoms with van der Waals surface area (Å²) in [5.41, 5.74) is 4.06. The third-order valence-electron chi connectivity index (χ3n) is 4.42. The molecule has 0 spiro atoms. The SMILES string of the molecule is CC(C)c1ccc(CC(O)c2cc3c(s2)CCCC3)cc1. The van der Waals surface area contributed by atoms with Gasteiger partial charge in [-0.3, -0.25) is 0 Å². The first-order valence-corrected chi connectivity index (χ1v) is 8.83. The molecule has 2 heteroatoms. The molecule has 112 valence electrons. The Hall–Kier alpha value is -1.12. The van der Waals surface area contributed by atoms with Crippen molar-refractivity contribution in [1.82, 2.24) is 0 Å². The molecule has 1 N–H and O–H groups in total. The second kappa shape index (κ2) is 6.33. The molecule has 0 fully saturated rings. The molecule has 0 aliphatic heterocycles. The van der Waals surface area contributed by atoms with Gasteiger partial charge in [0.2, 0.25) is 0 Å². The number of thiophene rings is 1. The van der Waals surface area contributed by atoms with Gasteiger partial charge in [0.25, 0.3) is 0 Å². The van der Waals surface area contributed by atoms with E-state index in [0.717, 1.165) is 11.3 Å². The fourth-order valence-electron chi connectivity index (χ4n) is 3.04. The maximum atomic E-state index is 10.5. The largest absolute Gasteiger partial charge is 0.387 e. The lowest BCUT2D eigenvalue weighted by molar-refractivity contribution is 0.182. The van der Waals surface area contributed by atoms with E-state index in [2.05, 4.69) is 44.2 Å². The molecule has 1 unspecified atom stereocenters. The van der Waals surface area contributed by atoms with Gasteiger partial charge in [-0.1, -0.05) is 38.1 Å². The van der Waals surface area contributed by atoms with E-state index in [1.807, 2.05) is 11.3 Å². The molecule has 1 nitrogen and oxygen atoms in total.